The lowest BCUT2D eigenvalue weighted by molar-refractivity contribution is -0.124. The molecule has 0 spiro atoms. The van der Waals surface area contributed by atoms with Crippen molar-refractivity contribution in [3.05, 3.63) is 0 Å². The van der Waals surface area contributed by atoms with E-state index in [1.807, 2.05) is 13.1 Å². The van der Waals surface area contributed by atoms with Gasteiger partial charge in [0.1, 0.15) is 5.78 Å². The van der Waals surface area contributed by atoms with E-state index in [1.165, 1.54) is 0 Å². The molecule has 0 aliphatic heterocycles. The number of carbonyl (C=O) groups excluding carboxylic acids is 1. The Bertz CT molecular complexity index is 393. The summed E-state index contributed by atoms with van der Waals surface area (Å²) in [5, 5.41) is 0.0963. The van der Waals surface area contributed by atoms with Crippen LogP contribution < -0.4 is 0 Å². The van der Waals surface area contributed by atoms with Crippen LogP contribution in [0.25, 0.3) is 0 Å². The summed E-state index contributed by atoms with van der Waals surface area (Å²) in [6.07, 6.45) is 3.19. The first kappa shape index (κ1) is 21.1. The summed E-state index contributed by atoms with van der Waals surface area (Å²) in [6.45, 7) is 19.6. The van der Waals surface area contributed by atoms with Crippen molar-refractivity contribution in [3.63, 3.8) is 0 Å². The molecule has 0 heterocycles. The number of Topliss-reactive ketones (excluding diaryl/α,β-unsaturated/α-hetero) is 1. The average Bonchev–Trinajstić information content (AvgIpc) is 2.22. The third-order valence-corrected chi connectivity index (χ3v) is 14.3. The summed E-state index contributed by atoms with van der Waals surface area (Å²) >= 11 is 0. The zero-order valence-electron chi connectivity index (χ0n) is 16.7. The minimum Gasteiger partial charge on any atom is -0.432 e. The third kappa shape index (κ3) is 5.51. The lowest BCUT2D eigenvalue weighted by atomic mass is 9.81. The molecule has 0 amide bonds. The first-order valence-corrected chi connectivity index (χ1v) is 14.8. The Labute approximate surface area is 145 Å². The molecule has 1 saturated carbocycles. The second kappa shape index (κ2) is 6.73. The summed E-state index contributed by atoms with van der Waals surface area (Å²) in [5.41, 5.74) is 0. The maximum absolute atomic E-state index is 12.2. The van der Waals surface area contributed by atoms with Crippen LogP contribution in [-0.2, 0) is 9.22 Å². The van der Waals surface area contributed by atoms with Gasteiger partial charge in [0.05, 0.1) is 6.10 Å². The monoisotopic (exact) mass is 358 g/mol. The van der Waals surface area contributed by atoms with Crippen LogP contribution in [0.15, 0.2) is 0 Å². The number of ketones is 1. The van der Waals surface area contributed by atoms with Crippen LogP contribution in [0.4, 0.5) is 0 Å². The largest absolute Gasteiger partial charge is 0.432 e. The fourth-order valence-corrected chi connectivity index (χ4v) is 5.16. The van der Waals surface area contributed by atoms with Crippen LogP contribution in [0, 0.1) is 5.92 Å². The fourth-order valence-electron chi connectivity index (χ4n) is 3.01. The molecule has 1 aliphatic rings. The van der Waals surface area contributed by atoms with Crippen LogP contribution >= 0.6 is 0 Å². The molecule has 3 nitrogen and oxygen atoms in total. The van der Waals surface area contributed by atoms with Gasteiger partial charge < -0.3 is 9.22 Å². The third-order valence-electron chi connectivity index (χ3n) is 6.29. The van der Waals surface area contributed by atoms with Gasteiger partial charge in [-0.05, 0) is 55.0 Å². The van der Waals surface area contributed by atoms with Crippen molar-refractivity contribution in [2.75, 3.05) is 0 Å². The van der Waals surface area contributed by atoms with Crippen molar-refractivity contribution in [1.82, 2.24) is 0 Å². The van der Waals surface area contributed by atoms with Gasteiger partial charge in [0, 0.05) is 12.8 Å². The van der Waals surface area contributed by atoms with E-state index in [1.54, 1.807) is 0 Å². The van der Waals surface area contributed by atoms with E-state index in [4.69, 9.17) is 4.43 Å². The Morgan fingerprint density at radius 1 is 1.09 bits per heavy atom. The molecule has 2 atom stereocenters. The molecule has 23 heavy (non-hydrogen) atoms. The molecule has 1 N–H and O–H groups in total. The Kier molecular flexibility index (Phi) is 6.17. The van der Waals surface area contributed by atoms with Gasteiger partial charge in [0.2, 0.25) is 0 Å². The van der Waals surface area contributed by atoms with Gasteiger partial charge in [-0.15, -0.1) is 0 Å². The maximum Gasteiger partial charge on any atom is 0.192 e. The van der Waals surface area contributed by atoms with Gasteiger partial charge in [0.15, 0.2) is 16.6 Å². The van der Waals surface area contributed by atoms with E-state index < -0.39 is 16.6 Å². The van der Waals surface area contributed by atoms with Crippen LogP contribution in [0.3, 0.4) is 0 Å². The molecule has 1 rings (SSSR count). The second-order valence-corrected chi connectivity index (χ2v) is 19.4. The highest BCUT2D eigenvalue weighted by atomic mass is 28.4. The molecule has 1 aliphatic carbocycles. The Balaban J connectivity index is 2.79. The zero-order chi connectivity index (χ0) is 18.3. The first-order valence-electron chi connectivity index (χ1n) is 8.97. The molecular formula is C18H38O3Si2. The maximum atomic E-state index is 12.2. The number of rotatable bonds is 5. The zero-order valence-corrected chi connectivity index (χ0v) is 18.7. The molecule has 1 unspecified atom stereocenters. The van der Waals surface area contributed by atoms with Crippen molar-refractivity contribution in [2.24, 2.45) is 5.92 Å². The molecule has 0 radical (unpaired) electrons. The Morgan fingerprint density at radius 2 is 1.61 bits per heavy atom. The molecule has 0 aromatic heterocycles. The second-order valence-electron chi connectivity index (χ2n) is 10.2. The van der Waals surface area contributed by atoms with Gasteiger partial charge in [-0.1, -0.05) is 34.6 Å². The van der Waals surface area contributed by atoms with Crippen LogP contribution in [-0.4, -0.2) is 33.3 Å². The van der Waals surface area contributed by atoms with Crippen LogP contribution in [0.1, 0.15) is 60.3 Å². The highest BCUT2D eigenvalue weighted by molar-refractivity contribution is 6.74. The van der Waals surface area contributed by atoms with E-state index >= 15 is 0 Å². The molecule has 0 saturated heterocycles. The molecule has 0 aromatic rings. The number of carbonyl (C=O) groups is 1. The number of hydrogen-bond acceptors (Lipinski definition) is 3. The van der Waals surface area contributed by atoms with Crippen molar-refractivity contribution in [2.45, 2.75) is 103 Å². The lowest BCUT2D eigenvalue weighted by Crippen LogP contribution is -2.46. The standard InChI is InChI=1S/C18H38O3Si2/c1-17(2,3)23(8,9)21-16-11-14(10-15(19)12-16)13-18(4,5)22(6,7)20/h14,16,20H,10-13H2,1-9H3/t14?,16-/m0/s1. The smallest absolute Gasteiger partial charge is 0.192 e. The lowest BCUT2D eigenvalue weighted by Gasteiger charge is -2.43. The van der Waals surface area contributed by atoms with Crippen LogP contribution in [0.2, 0.25) is 36.3 Å². The molecule has 0 bridgehead atoms. The summed E-state index contributed by atoms with van der Waals surface area (Å²) in [4.78, 5) is 22.8. The molecule has 136 valence electrons. The molecule has 5 heteroatoms. The average molecular weight is 359 g/mol. The summed E-state index contributed by atoms with van der Waals surface area (Å²) in [7, 11) is -4.07. The van der Waals surface area contributed by atoms with E-state index in [-0.39, 0.29) is 16.2 Å². The predicted octanol–water partition coefficient (Wildman–Crippen LogP) is 5.11. The van der Waals surface area contributed by atoms with Gasteiger partial charge >= 0.3 is 0 Å². The normalized spacial score (nSPS) is 24.9. The highest BCUT2D eigenvalue weighted by Gasteiger charge is 2.44. The van der Waals surface area contributed by atoms with Gasteiger partial charge in [-0.3, -0.25) is 4.79 Å². The van der Waals surface area contributed by atoms with E-state index in [9.17, 15) is 9.59 Å². The van der Waals surface area contributed by atoms with E-state index in [0.717, 1.165) is 12.8 Å². The number of hydrogen-bond donors (Lipinski definition) is 1. The summed E-state index contributed by atoms with van der Waals surface area (Å²) in [5.74, 6) is 0.679. The minimum absolute atomic E-state index is 0.0708. The van der Waals surface area contributed by atoms with Gasteiger partial charge in [-0.2, -0.15) is 0 Å². The topological polar surface area (TPSA) is 46.5 Å². The first-order chi connectivity index (χ1) is 10.1. The summed E-state index contributed by atoms with van der Waals surface area (Å²) in [6, 6.07) is 0. The predicted molar refractivity (Wildman–Crippen MR) is 103 cm³/mol. The summed E-state index contributed by atoms with van der Waals surface area (Å²) < 4.78 is 6.51. The van der Waals surface area contributed by atoms with E-state index in [0.29, 0.717) is 24.5 Å². The quantitative estimate of drug-likeness (QED) is 0.694. The van der Waals surface area contributed by atoms with E-state index in [2.05, 4.69) is 47.7 Å². The molecule has 0 aromatic carbocycles. The Hall–Kier alpha value is 0.0238. The van der Waals surface area contributed by atoms with Crippen molar-refractivity contribution in [1.29, 1.82) is 0 Å². The molecule has 1 fully saturated rings. The van der Waals surface area contributed by atoms with Crippen molar-refractivity contribution >= 4 is 22.4 Å². The van der Waals surface area contributed by atoms with Gasteiger partial charge in [-0.25, -0.2) is 0 Å². The minimum atomic E-state index is -2.23. The SMILES string of the molecule is CC(C)(CC1CC(=O)C[C@@H](O[Si](C)(C)C(C)(C)C)C1)[Si](C)(C)O. The fraction of sp³-hybridized carbons (Fsp3) is 0.944. The van der Waals surface area contributed by atoms with Gasteiger partial charge in [0.25, 0.3) is 0 Å². The molecular weight excluding hydrogens is 320 g/mol. The van der Waals surface area contributed by atoms with Crippen molar-refractivity contribution in [3.8, 4) is 0 Å². The Morgan fingerprint density at radius 3 is 2.04 bits per heavy atom. The van der Waals surface area contributed by atoms with Crippen LogP contribution in [0.5, 0.6) is 0 Å². The highest BCUT2D eigenvalue weighted by Crippen LogP contribution is 2.45. The van der Waals surface area contributed by atoms with Crippen molar-refractivity contribution < 1.29 is 14.0 Å².